The fourth-order valence-corrected chi connectivity index (χ4v) is 2.10. The van der Waals surface area contributed by atoms with Gasteiger partial charge in [0.2, 0.25) is 0 Å². The summed E-state index contributed by atoms with van der Waals surface area (Å²) in [5, 5.41) is 9.02. The Kier molecular flexibility index (Phi) is 2.93. The summed E-state index contributed by atoms with van der Waals surface area (Å²) in [5.41, 5.74) is 1.30. The van der Waals surface area contributed by atoms with Crippen LogP contribution in [0.4, 0.5) is 0 Å². The van der Waals surface area contributed by atoms with Gasteiger partial charge in [0, 0.05) is 10.0 Å². The third kappa shape index (κ3) is 1.94. The lowest BCUT2D eigenvalue weighted by atomic mass is 10.1. The van der Waals surface area contributed by atoms with E-state index in [1.807, 2.05) is 24.3 Å². The average Bonchev–Trinajstić information content (AvgIpc) is 2.61. The van der Waals surface area contributed by atoms with Gasteiger partial charge in [-0.3, -0.25) is 0 Å². The Balaban J connectivity index is 2.69. The van der Waals surface area contributed by atoms with E-state index in [2.05, 4.69) is 25.9 Å². The predicted molar refractivity (Wildman–Crippen MR) is 66.1 cm³/mol. The quantitative estimate of drug-likeness (QED) is 0.746. The number of hydrogen-bond donors (Lipinski definition) is 3. The Morgan fingerprint density at radius 1 is 1.31 bits per heavy atom. The molecule has 0 amide bonds. The maximum atomic E-state index is 11.0. The Morgan fingerprint density at radius 3 is 2.62 bits per heavy atom. The summed E-state index contributed by atoms with van der Waals surface area (Å²) in [7, 11) is 0. The van der Waals surface area contributed by atoms with Crippen molar-refractivity contribution in [3.8, 4) is 11.3 Å². The lowest BCUT2D eigenvalue weighted by molar-refractivity contribution is 0.0692. The van der Waals surface area contributed by atoms with E-state index in [0.29, 0.717) is 10.5 Å². The van der Waals surface area contributed by atoms with Crippen LogP contribution in [0.25, 0.3) is 11.3 Å². The molecule has 2 aromatic rings. The summed E-state index contributed by atoms with van der Waals surface area (Å²) in [5.74, 6) is -1.04. The maximum Gasteiger partial charge on any atom is 0.354 e. The van der Waals surface area contributed by atoms with Crippen molar-refractivity contribution < 1.29 is 9.90 Å². The molecule has 3 N–H and O–H groups in total. The third-order valence-corrected chi connectivity index (χ3v) is 2.98. The number of H-pyrrole nitrogens is 2. The van der Waals surface area contributed by atoms with Crippen molar-refractivity contribution in [3.05, 3.63) is 39.2 Å². The molecule has 0 saturated heterocycles. The lowest BCUT2D eigenvalue weighted by Gasteiger charge is -2.02. The minimum absolute atomic E-state index is 0.0666. The molecule has 0 saturated carbocycles. The summed E-state index contributed by atoms with van der Waals surface area (Å²) in [6.45, 7) is 0. The number of carboxylic acid groups (broad SMARTS) is 1. The molecule has 2 rings (SSSR count). The summed E-state index contributed by atoms with van der Waals surface area (Å²) < 4.78 is 1.10. The van der Waals surface area contributed by atoms with Crippen molar-refractivity contribution in [2.24, 2.45) is 0 Å². The molecule has 0 aliphatic heterocycles. The van der Waals surface area contributed by atoms with Gasteiger partial charge in [-0.25, -0.2) is 4.79 Å². The number of rotatable bonds is 2. The van der Waals surface area contributed by atoms with Crippen LogP contribution in [0.5, 0.6) is 0 Å². The van der Waals surface area contributed by atoms with Crippen LogP contribution in [0.1, 0.15) is 10.5 Å². The molecule has 6 heteroatoms. The summed E-state index contributed by atoms with van der Waals surface area (Å²) in [6, 6.07) is 7.33. The number of carbonyl (C=O) groups is 1. The zero-order chi connectivity index (χ0) is 11.7. The maximum absolute atomic E-state index is 11.0. The molecule has 0 aliphatic carbocycles. The Morgan fingerprint density at radius 2 is 2.00 bits per heavy atom. The van der Waals surface area contributed by atoms with Crippen LogP contribution in [0.2, 0.25) is 0 Å². The third-order valence-electron chi connectivity index (χ3n) is 2.08. The monoisotopic (exact) mass is 298 g/mol. The highest BCUT2D eigenvalue weighted by atomic mass is 79.9. The molecule has 1 heterocycles. The van der Waals surface area contributed by atoms with Crippen LogP contribution in [0, 0.1) is 4.77 Å². The van der Waals surface area contributed by atoms with Gasteiger partial charge in [-0.1, -0.05) is 34.1 Å². The molecule has 0 bridgehead atoms. The van der Waals surface area contributed by atoms with Gasteiger partial charge in [0.15, 0.2) is 10.5 Å². The molecule has 1 aromatic heterocycles. The smallest absolute Gasteiger partial charge is 0.354 e. The molecule has 0 atom stereocenters. The number of aromatic nitrogens is 2. The molecule has 0 fully saturated rings. The minimum Gasteiger partial charge on any atom is -0.477 e. The summed E-state index contributed by atoms with van der Waals surface area (Å²) in [6.07, 6.45) is 0. The van der Waals surface area contributed by atoms with E-state index in [9.17, 15) is 4.79 Å². The average molecular weight is 299 g/mol. The van der Waals surface area contributed by atoms with Gasteiger partial charge in [0.1, 0.15) is 0 Å². The first-order valence-electron chi connectivity index (χ1n) is 4.40. The van der Waals surface area contributed by atoms with E-state index in [4.69, 9.17) is 17.3 Å². The Bertz CT molecular complexity index is 603. The number of halogens is 1. The van der Waals surface area contributed by atoms with Gasteiger partial charge in [-0.2, -0.15) is 0 Å². The van der Waals surface area contributed by atoms with Crippen molar-refractivity contribution in [2.75, 3.05) is 0 Å². The molecule has 0 aliphatic rings. The second kappa shape index (κ2) is 4.23. The van der Waals surface area contributed by atoms with Gasteiger partial charge in [0.25, 0.3) is 0 Å². The van der Waals surface area contributed by atoms with Crippen LogP contribution >= 0.6 is 28.1 Å². The largest absolute Gasteiger partial charge is 0.477 e. The minimum atomic E-state index is -1.04. The molecule has 16 heavy (non-hydrogen) atoms. The number of nitrogens with one attached hydrogen (secondary N) is 2. The number of hydrogen-bond acceptors (Lipinski definition) is 2. The first-order valence-corrected chi connectivity index (χ1v) is 5.60. The van der Waals surface area contributed by atoms with Crippen molar-refractivity contribution in [1.29, 1.82) is 0 Å². The highest BCUT2D eigenvalue weighted by Crippen LogP contribution is 2.28. The van der Waals surface area contributed by atoms with Crippen LogP contribution in [-0.2, 0) is 0 Å². The fraction of sp³-hybridized carbons (Fsp3) is 0. The van der Waals surface area contributed by atoms with Crippen LogP contribution in [0.15, 0.2) is 28.7 Å². The second-order valence-electron chi connectivity index (χ2n) is 3.11. The van der Waals surface area contributed by atoms with E-state index in [1.54, 1.807) is 0 Å². The number of imidazole rings is 1. The number of carboxylic acids is 1. The second-order valence-corrected chi connectivity index (χ2v) is 4.38. The normalized spacial score (nSPS) is 10.3. The Hall–Kier alpha value is -1.40. The van der Waals surface area contributed by atoms with Crippen LogP contribution in [-0.4, -0.2) is 21.0 Å². The van der Waals surface area contributed by atoms with Gasteiger partial charge in [-0.05, 0) is 18.3 Å². The molecule has 0 radical (unpaired) electrons. The topological polar surface area (TPSA) is 68.9 Å². The van der Waals surface area contributed by atoms with E-state index in [-0.39, 0.29) is 5.69 Å². The van der Waals surface area contributed by atoms with Crippen LogP contribution < -0.4 is 0 Å². The predicted octanol–water partition coefficient (Wildman–Crippen LogP) is 3.20. The number of aromatic carboxylic acids is 1. The van der Waals surface area contributed by atoms with E-state index in [1.165, 1.54) is 0 Å². The molecular weight excluding hydrogens is 292 g/mol. The van der Waals surface area contributed by atoms with Crippen LogP contribution in [0.3, 0.4) is 0 Å². The molecule has 0 spiro atoms. The van der Waals surface area contributed by atoms with Gasteiger partial charge >= 0.3 is 5.97 Å². The lowest BCUT2D eigenvalue weighted by Crippen LogP contribution is -1.99. The van der Waals surface area contributed by atoms with Crippen molar-refractivity contribution in [1.82, 2.24) is 9.97 Å². The highest BCUT2D eigenvalue weighted by Gasteiger charge is 2.16. The van der Waals surface area contributed by atoms with Gasteiger partial charge in [0.05, 0.1) is 5.69 Å². The van der Waals surface area contributed by atoms with E-state index in [0.717, 1.165) is 10.0 Å². The van der Waals surface area contributed by atoms with E-state index >= 15 is 0 Å². The SMILES string of the molecule is O=C(O)c1[nH]c(=S)[nH]c1-c1ccccc1Br. The first-order chi connectivity index (χ1) is 7.59. The van der Waals surface area contributed by atoms with Gasteiger partial charge < -0.3 is 15.1 Å². The first kappa shape index (κ1) is 11.1. The van der Waals surface area contributed by atoms with Gasteiger partial charge in [-0.15, -0.1) is 0 Å². The summed E-state index contributed by atoms with van der Waals surface area (Å²) >= 11 is 8.26. The fourth-order valence-electron chi connectivity index (χ4n) is 1.41. The van der Waals surface area contributed by atoms with E-state index < -0.39 is 5.97 Å². The Labute approximate surface area is 104 Å². The molecule has 82 valence electrons. The number of aromatic amines is 2. The molecule has 1 aromatic carbocycles. The zero-order valence-electron chi connectivity index (χ0n) is 7.95. The van der Waals surface area contributed by atoms with Crippen molar-refractivity contribution >= 4 is 34.1 Å². The molecule has 0 unspecified atom stereocenters. The van der Waals surface area contributed by atoms with Crippen molar-refractivity contribution in [3.63, 3.8) is 0 Å². The highest BCUT2D eigenvalue weighted by molar-refractivity contribution is 9.10. The summed E-state index contributed by atoms with van der Waals surface area (Å²) in [4.78, 5) is 16.4. The molecule has 4 nitrogen and oxygen atoms in total. The molecular formula is C10H7BrN2O2S. The van der Waals surface area contributed by atoms with Crippen molar-refractivity contribution in [2.45, 2.75) is 0 Å². The standard InChI is InChI=1S/C10H7BrN2O2S/c11-6-4-2-1-3-5(6)7-8(9(14)15)13-10(16)12-7/h1-4H,(H,14,15)(H2,12,13,16). The zero-order valence-corrected chi connectivity index (χ0v) is 10.4. The number of benzene rings is 1.